The van der Waals surface area contributed by atoms with Crippen molar-refractivity contribution in [2.45, 2.75) is 57.1 Å². The number of nitrogens with two attached hydrogens (primary N) is 1. The van der Waals surface area contributed by atoms with Crippen LogP contribution in [-0.4, -0.2) is 42.9 Å². The Balaban J connectivity index is 1.57. The number of nitrogens with one attached hydrogen (secondary N) is 2. The summed E-state index contributed by atoms with van der Waals surface area (Å²) in [5.41, 5.74) is 5.87. The van der Waals surface area contributed by atoms with Crippen LogP contribution in [0, 0.1) is 5.92 Å². The van der Waals surface area contributed by atoms with Gasteiger partial charge >= 0.3 is 5.69 Å². The minimum Gasteiger partial charge on any atom is -0.383 e. The Morgan fingerprint density at radius 3 is 2.63 bits per heavy atom. The second-order valence-electron chi connectivity index (χ2n) is 9.24. The maximum absolute atomic E-state index is 13.3. The Bertz CT molecular complexity index is 1280. The predicted molar refractivity (Wildman–Crippen MR) is 137 cm³/mol. The molecule has 4 rings (SSSR count). The molecule has 0 radical (unpaired) electrons. The number of amides is 1. The zero-order chi connectivity index (χ0) is 24.9. The Hall–Kier alpha value is -3.34. The molecule has 0 aliphatic heterocycles. The van der Waals surface area contributed by atoms with E-state index in [1.165, 1.54) is 34.1 Å². The molecular formula is C24H31N7O3S. The summed E-state index contributed by atoms with van der Waals surface area (Å²) in [6, 6.07) is 9.31. The Kier molecular flexibility index (Phi) is 7.74. The molecule has 2 aromatic heterocycles. The molecule has 11 heteroatoms. The van der Waals surface area contributed by atoms with Gasteiger partial charge in [-0.15, -0.1) is 5.10 Å². The van der Waals surface area contributed by atoms with Crippen molar-refractivity contribution in [3.8, 4) is 0 Å². The van der Waals surface area contributed by atoms with E-state index in [4.69, 9.17) is 5.73 Å². The number of carbonyl (C=O) groups is 1. The van der Waals surface area contributed by atoms with Crippen molar-refractivity contribution in [1.29, 1.82) is 0 Å². The lowest BCUT2D eigenvalue weighted by Crippen LogP contribution is -2.43. The number of hydrogen-bond acceptors (Lipinski definition) is 7. The van der Waals surface area contributed by atoms with Crippen molar-refractivity contribution in [1.82, 2.24) is 24.7 Å². The summed E-state index contributed by atoms with van der Waals surface area (Å²) in [5, 5.41) is 7.75. The zero-order valence-electron chi connectivity index (χ0n) is 20.0. The molecule has 0 spiro atoms. The van der Waals surface area contributed by atoms with Crippen LogP contribution in [0.15, 0.2) is 45.1 Å². The minimum absolute atomic E-state index is 0.0125. The molecule has 1 saturated carbocycles. The van der Waals surface area contributed by atoms with Gasteiger partial charge in [0.2, 0.25) is 11.1 Å². The van der Waals surface area contributed by atoms with Crippen molar-refractivity contribution in [3.05, 3.63) is 62.6 Å². The number of benzene rings is 1. The van der Waals surface area contributed by atoms with E-state index in [1.54, 1.807) is 0 Å². The number of anilines is 2. The number of H-pyrrole nitrogens is 2. The molecule has 1 aliphatic carbocycles. The molecule has 1 aliphatic rings. The van der Waals surface area contributed by atoms with Crippen LogP contribution < -0.4 is 21.9 Å². The average molecular weight is 498 g/mol. The predicted octanol–water partition coefficient (Wildman–Crippen LogP) is 2.72. The highest BCUT2D eigenvalue weighted by Gasteiger charge is 2.26. The molecule has 10 nitrogen and oxygen atoms in total. The van der Waals surface area contributed by atoms with E-state index < -0.39 is 11.2 Å². The van der Waals surface area contributed by atoms with Crippen molar-refractivity contribution >= 4 is 29.2 Å². The topological polar surface area (TPSA) is 143 Å². The van der Waals surface area contributed by atoms with E-state index in [0.29, 0.717) is 11.1 Å². The number of aromatic amines is 2. The van der Waals surface area contributed by atoms with Crippen LogP contribution in [0.3, 0.4) is 0 Å². The molecule has 186 valence electrons. The molecule has 0 unspecified atom stereocenters. The van der Waals surface area contributed by atoms with Crippen LogP contribution in [0.5, 0.6) is 0 Å². The largest absolute Gasteiger partial charge is 0.383 e. The molecule has 0 atom stereocenters. The number of carbonyl (C=O) groups excluding carboxylic acids is 1. The monoisotopic (exact) mass is 497 g/mol. The maximum Gasteiger partial charge on any atom is 0.330 e. The third-order valence-electron chi connectivity index (χ3n) is 6.07. The molecule has 4 N–H and O–H groups in total. The molecule has 2 heterocycles. The van der Waals surface area contributed by atoms with Gasteiger partial charge in [0, 0.05) is 12.5 Å². The molecule has 35 heavy (non-hydrogen) atoms. The van der Waals surface area contributed by atoms with Crippen molar-refractivity contribution < 1.29 is 4.79 Å². The number of thioether (sulfide) groups is 1. The fraction of sp³-hybridized carbons (Fsp3) is 0.458. The van der Waals surface area contributed by atoms with Gasteiger partial charge in [0.25, 0.3) is 5.56 Å². The van der Waals surface area contributed by atoms with Crippen LogP contribution in [0.25, 0.3) is 0 Å². The molecule has 0 bridgehead atoms. The molecule has 1 fully saturated rings. The summed E-state index contributed by atoms with van der Waals surface area (Å²) in [7, 11) is 0. The van der Waals surface area contributed by atoms with E-state index in [2.05, 4.69) is 20.2 Å². The van der Waals surface area contributed by atoms with Crippen LogP contribution in [0.2, 0.25) is 0 Å². The lowest BCUT2D eigenvalue weighted by Gasteiger charge is -2.26. The highest BCUT2D eigenvalue weighted by Crippen LogP contribution is 2.32. The van der Waals surface area contributed by atoms with Crippen LogP contribution >= 0.6 is 11.8 Å². The molecule has 3 aromatic rings. The second kappa shape index (κ2) is 10.9. The van der Waals surface area contributed by atoms with E-state index in [0.717, 1.165) is 24.2 Å². The van der Waals surface area contributed by atoms with Crippen molar-refractivity contribution in [3.63, 3.8) is 0 Å². The van der Waals surface area contributed by atoms with E-state index in [-0.39, 0.29) is 42.2 Å². The molecule has 1 amide bonds. The maximum atomic E-state index is 13.3. The summed E-state index contributed by atoms with van der Waals surface area (Å²) in [6.07, 6.45) is 4.58. The quantitative estimate of drug-likeness (QED) is 0.386. The Morgan fingerprint density at radius 1 is 1.23 bits per heavy atom. The van der Waals surface area contributed by atoms with Gasteiger partial charge in [-0.3, -0.25) is 24.2 Å². The third kappa shape index (κ3) is 5.84. The fourth-order valence-corrected chi connectivity index (χ4v) is 5.03. The first-order chi connectivity index (χ1) is 16.8. The summed E-state index contributed by atoms with van der Waals surface area (Å²) in [4.78, 5) is 47.0. The minimum atomic E-state index is -0.683. The van der Waals surface area contributed by atoms with Gasteiger partial charge in [0.1, 0.15) is 11.6 Å². The van der Waals surface area contributed by atoms with Crippen molar-refractivity contribution in [2.75, 3.05) is 22.9 Å². The van der Waals surface area contributed by atoms with Crippen molar-refractivity contribution in [2.24, 2.45) is 5.92 Å². The van der Waals surface area contributed by atoms with Crippen LogP contribution in [-0.2, 0) is 11.3 Å². The lowest BCUT2D eigenvalue weighted by atomic mass is 10.1. The lowest BCUT2D eigenvalue weighted by molar-refractivity contribution is -0.116. The van der Waals surface area contributed by atoms with Gasteiger partial charge in [0.05, 0.1) is 12.3 Å². The molecule has 1 aromatic carbocycles. The summed E-state index contributed by atoms with van der Waals surface area (Å²) >= 11 is 1.21. The first-order valence-corrected chi connectivity index (χ1v) is 12.8. The smallest absolute Gasteiger partial charge is 0.330 e. The number of nitrogen functional groups attached to an aromatic ring is 1. The SMILES string of the molecule is CC(C)CN(C(=O)CSc1n[nH]c(C2CCCC2)n1)c1c(N)n(Cc2ccccc2)c(=O)[nH]c1=O. The highest BCUT2D eigenvalue weighted by atomic mass is 32.2. The number of nitrogens with zero attached hydrogens (tertiary/aromatic N) is 4. The molecule has 0 saturated heterocycles. The van der Waals surface area contributed by atoms with E-state index >= 15 is 0 Å². The van der Waals surface area contributed by atoms with Gasteiger partial charge < -0.3 is 10.6 Å². The van der Waals surface area contributed by atoms with E-state index in [1.807, 2.05) is 44.2 Å². The van der Waals surface area contributed by atoms with Crippen LogP contribution in [0.1, 0.15) is 56.8 Å². The number of aromatic nitrogens is 5. The highest BCUT2D eigenvalue weighted by molar-refractivity contribution is 7.99. The van der Waals surface area contributed by atoms with Crippen LogP contribution in [0.4, 0.5) is 11.5 Å². The first kappa shape index (κ1) is 24.8. The van der Waals surface area contributed by atoms with Gasteiger partial charge in [-0.1, -0.05) is 68.8 Å². The van der Waals surface area contributed by atoms with Gasteiger partial charge in [-0.2, -0.15) is 0 Å². The van der Waals surface area contributed by atoms with E-state index in [9.17, 15) is 14.4 Å². The second-order valence-corrected chi connectivity index (χ2v) is 10.2. The Labute approximate surface area is 207 Å². The Morgan fingerprint density at radius 2 is 1.94 bits per heavy atom. The number of hydrogen-bond donors (Lipinski definition) is 3. The van der Waals surface area contributed by atoms with Gasteiger partial charge in [-0.25, -0.2) is 9.78 Å². The van der Waals surface area contributed by atoms with Gasteiger partial charge in [-0.05, 0) is 24.3 Å². The zero-order valence-corrected chi connectivity index (χ0v) is 20.8. The third-order valence-corrected chi connectivity index (χ3v) is 6.90. The van der Waals surface area contributed by atoms with Gasteiger partial charge in [0.15, 0.2) is 5.69 Å². The fourth-order valence-electron chi connectivity index (χ4n) is 4.35. The normalized spacial score (nSPS) is 14.0. The standard InChI is InChI=1S/C24H31N7O3S/c1-15(2)12-30(18(32)14-35-23-26-21(28-29-23)17-10-6-7-11-17)19-20(25)31(24(34)27-22(19)33)13-16-8-4-3-5-9-16/h3-5,8-9,15,17H,6-7,10-14,25H2,1-2H3,(H,26,28,29)(H,27,33,34). The molecular weight excluding hydrogens is 466 g/mol. The summed E-state index contributed by atoms with van der Waals surface area (Å²) in [6.45, 7) is 4.34. The average Bonchev–Trinajstić information content (AvgIpc) is 3.52. The summed E-state index contributed by atoms with van der Waals surface area (Å²) in [5.74, 6) is 1.01. The first-order valence-electron chi connectivity index (χ1n) is 11.9. The summed E-state index contributed by atoms with van der Waals surface area (Å²) < 4.78 is 1.28. The number of rotatable bonds is 9.